The molecule has 0 radical (unpaired) electrons. The van der Waals surface area contributed by atoms with E-state index in [1.807, 2.05) is 37.3 Å². The predicted octanol–water partition coefficient (Wildman–Crippen LogP) is 2.18. The van der Waals surface area contributed by atoms with Gasteiger partial charge in [0.2, 0.25) is 0 Å². The number of guanidine groups is 1. The molecular formula is C19H33N3O3S. The summed E-state index contributed by atoms with van der Waals surface area (Å²) in [5, 5.41) is 6.39. The molecule has 0 aromatic heterocycles. The van der Waals surface area contributed by atoms with Crippen molar-refractivity contribution in [2.45, 2.75) is 31.6 Å². The Bertz CT molecular complexity index is 512. The van der Waals surface area contributed by atoms with E-state index in [9.17, 15) is 4.21 Å². The number of hydrogen-bond acceptors (Lipinski definition) is 4. The first kappa shape index (κ1) is 22.6. The summed E-state index contributed by atoms with van der Waals surface area (Å²) in [5.74, 6) is 1.26. The second-order valence-corrected chi connectivity index (χ2v) is 7.20. The van der Waals surface area contributed by atoms with E-state index in [1.54, 1.807) is 0 Å². The fourth-order valence-corrected chi connectivity index (χ4v) is 3.07. The smallest absolute Gasteiger partial charge is 0.191 e. The van der Waals surface area contributed by atoms with Crippen molar-refractivity contribution in [3.05, 3.63) is 30.3 Å². The molecule has 0 aliphatic heterocycles. The molecule has 0 saturated carbocycles. The van der Waals surface area contributed by atoms with Gasteiger partial charge in [-0.15, -0.1) is 0 Å². The third kappa shape index (κ3) is 11.2. The summed E-state index contributed by atoms with van der Waals surface area (Å²) in [6.07, 6.45) is 2.24. The first-order valence-corrected chi connectivity index (χ1v) is 10.7. The van der Waals surface area contributed by atoms with Crippen molar-refractivity contribution in [2.75, 3.05) is 51.8 Å². The van der Waals surface area contributed by atoms with Crippen LogP contribution in [-0.2, 0) is 20.3 Å². The molecule has 2 N–H and O–H groups in total. The SMILES string of the molecule is CCCCOCCOCCN=C(NCC)NCCS(=O)c1ccccc1. The predicted molar refractivity (Wildman–Crippen MR) is 108 cm³/mol. The van der Waals surface area contributed by atoms with Gasteiger partial charge in [0, 0.05) is 30.3 Å². The summed E-state index contributed by atoms with van der Waals surface area (Å²) >= 11 is 0. The average molecular weight is 384 g/mol. The van der Waals surface area contributed by atoms with Gasteiger partial charge in [0.1, 0.15) is 0 Å². The minimum absolute atomic E-state index is 0.542. The van der Waals surface area contributed by atoms with Gasteiger partial charge in [0.25, 0.3) is 0 Å². The zero-order valence-corrected chi connectivity index (χ0v) is 16.9. The first-order valence-electron chi connectivity index (χ1n) is 9.39. The number of unbranched alkanes of at least 4 members (excludes halogenated alkanes) is 1. The van der Waals surface area contributed by atoms with E-state index in [4.69, 9.17) is 9.47 Å². The maximum atomic E-state index is 12.2. The highest BCUT2D eigenvalue weighted by Gasteiger charge is 2.03. The fourth-order valence-electron chi connectivity index (χ4n) is 2.08. The Hall–Kier alpha value is -1.44. The third-order valence-electron chi connectivity index (χ3n) is 3.45. The molecule has 6 nitrogen and oxygen atoms in total. The molecule has 0 fully saturated rings. The second-order valence-electron chi connectivity index (χ2n) is 5.63. The van der Waals surface area contributed by atoms with Gasteiger partial charge in [-0.1, -0.05) is 31.5 Å². The minimum atomic E-state index is -1.00. The lowest BCUT2D eigenvalue weighted by Gasteiger charge is -2.11. The Morgan fingerprint density at radius 2 is 1.77 bits per heavy atom. The largest absolute Gasteiger partial charge is 0.379 e. The zero-order chi connectivity index (χ0) is 18.9. The first-order chi connectivity index (χ1) is 12.8. The number of hydrogen-bond donors (Lipinski definition) is 2. The molecule has 0 amide bonds. The summed E-state index contributed by atoms with van der Waals surface area (Å²) in [5.41, 5.74) is 0. The highest BCUT2D eigenvalue weighted by Crippen LogP contribution is 2.04. The molecule has 0 saturated heterocycles. The molecule has 0 bridgehead atoms. The topological polar surface area (TPSA) is 72.0 Å². The van der Waals surface area contributed by atoms with Crippen molar-refractivity contribution < 1.29 is 13.7 Å². The molecule has 26 heavy (non-hydrogen) atoms. The van der Waals surface area contributed by atoms with Crippen LogP contribution in [0.5, 0.6) is 0 Å². The van der Waals surface area contributed by atoms with Crippen molar-refractivity contribution in [3.63, 3.8) is 0 Å². The number of ether oxygens (including phenoxy) is 2. The van der Waals surface area contributed by atoms with Gasteiger partial charge in [0.15, 0.2) is 5.96 Å². The molecule has 0 aliphatic carbocycles. The van der Waals surface area contributed by atoms with Gasteiger partial charge in [-0.25, -0.2) is 0 Å². The lowest BCUT2D eigenvalue weighted by Crippen LogP contribution is -2.39. The lowest BCUT2D eigenvalue weighted by atomic mass is 10.4. The minimum Gasteiger partial charge on any atom is -0.379 e. The maximum Gasteiger partial charge on any atom is 0.191 e. The van der Waals surface area contributed by atoms with E-state index in [2.05, 4.69) is 22.5 Å². The van der Waals surface area contributed by atoms with Gasteiger partial charge < -0.3 is 20.1 Å². The zero-order valence-electron chi connectivity index (χ0n) is 16.0. The number of aliphatic imine (C=N–C) groups is 1. The molecular weight excluding hydrogens is 350 g/mol. The molecule has 7 heteroatoms. The Kier molecular flexibility index (Phi) is 13.7. The number of nitrogens with one attached hydrogen (secondary N) is 2. The van der Waals surface area contributed by atoms with Crippen LogP contribution in [-0.4, -0.2) is 62.0 Å². The van der Waals surface area contributed by atoms with Crippen molar-refractivity contribution in [1.29, 1.82) is 0 Å². The van der Waals surface area contributed by atoms with E-state index in [-0.39, 0.29) is 0 Å². The second kappa shape index (κ2) is 15.8. The van der Waals surface area contributed by atoms with Crippen molar-refractivity contribution in [2.24, 2.45) is 4.99 Å². The number of benzene rings is 1. The molecule has 1 aromatic rings. The Labute approximate surface area is 160 Å². The van der Waals surface area contributed by atoms with E-state index in [1.165, 1.54) is 0 Å². The molecule has 1 aromatic carbocycles. The molecule has 1 atom stereocenters. The quantitative estimate of drug-likeness (QED) is 0.293. The van der Waals surface area contributed by atoms with Gasteiger partial charge >= 0.3 is 0 Å². The molecule has 148 valence electrons. The fraction of sp³-hybridized carbons (Fsp3) is 0.632. The van der Waals surface area contributed by atoms with E-state index in [0.717, 1.165) is 36.8 Å². The Morgan fingerprint density at radius 3 is 2.46 bits per heavy atom. The summed E-state index contributed by atoms with van der Waals surface area (Å²) in [4.78, 5) is 5.31. The third-order valence-corrected chi connectivity index (χ3v) is 4.82. The van der Waals surface area contributed by atoms with E-state index < -0.39 is 10.8 Å². The van der Waals surface area contributed by atoms with Crippen LogP contribution in [0.25, 0.3) is 0 Å². The van der Waals surface area contributed by atoms with Crippen LogP contribution in [0, 0.1) is 0 Å². The monoisotopic (exact) mass is 383 g/mol. The Morgan fingerprint density at radius 1 is 1.04 bits per heavy atom. The van der Waals surface area contributed by atoms with E-state index >= 15 is 0 Å². The van der Waals surface area contributed by atoms with Crippen molar-refractivity contribution in [1.82, 2.24) is 10.6 Å². The standard InChI is InChI=1S/C19H33N3O3S/c1-3-5-13-24-15-16-25-14-11-21-19(20-4-2)22-12-17-26(23)18-9-7-6-8-10-18/h6-10H,3-5,11-17H2,1-2H3,(H2,20,21,22). The normalized spacial score (nSPS) is 12.8. The summed E-state index contributed by atoms with van der Waals surface area (Å²) in [6, 6.07) is 9.51. The molecule has 1 rings (SSSR count). The summed E-state index contributed by atoms with van der Waals surface area (Å²) < 4.78 is 23.1. The van der Waals surface area contributed by atoms with Gasteiger partial charge in [-0.2, -0.15) is 0 Å². The van der Waals surface area contributed by atoms with Crippen molar-refractivity contribution >= 4 is 16.8 Å². The lowest BCUT2D eigenvalue weighted by molar-refractivity contribution is 0.0497. The molecule has 0 spiro atoms. The molecule has 1 unspecified atom stereocenters. The summed E-state index contributed by atoms with van der Waals surface area (Å²) in [6.45, 7) is 8.70. The van der Waals surface area contributed by atoms with Crippen molar-refractivity contribution in [3.8, 4) is 0 Å². The maximum absolute atomic E-state index is 12.2. The van der Waals surface area contributed by atoms with Crippen LogP contribution < -0.4 is 10.6 Å². The van der Waals surface area contributed by atoms with Gasteiger partial charge in [-0.3, -0.25) is 9.20 Å². The van der Waals surface area contributed by atoms with Crippen LogP contribution >= 0.6 is 0 Å². The van der Waals surface area contributed by atoms with Crippen LogP contribution in [0.4, 0.5) is 0 Å². The number of rotatable bonds is 14. The van der Waals surface area contributed by atoms with Crippen LogP contribution in [0.3, 0.4) is 0 Å². The van der Waals surface area contributed by atoms with Crippen LogP contribution in [0.15, 0.2) is 40.2 Å². The molecule has 0 heterocycles. The highest BCUT2D eigenvalue weighted by atomic mass is 32.2. The van der Waals surface area contributed by atoms with Crippen LogP contribution in [0.2, 0.25) is 0 Å². The van der Waals surface area contributed by atoms with E-state index in [0.29, 0.717) is 38.7 Å². The van der Waals surface area contributed by atoms with Crippen LogP contribution in [0.1, 0.15) is 26.7 Å². The average Bonchev–Trinajstić information content (AvgIpc) is 2.67. The highest BCUT2D eigenvalue weighted by molar-refractivity contribution is 7.85. The molecule has 0 aliphatic rings. The van der Waals surface area contributed by atoms with Gasteiger partial charge in [0.05, 0.1) is 37.2 Å². The Balaban J connectivity index is 2.17. The number of nitrogens with zero attached hydrogens (tertiary/aromatic N) is 1. The van der Waals surface area contributed by atoms with Gasteiger partial charge in [-0.05, 0) is 25.5 Å². The summed E-state index contributed by atoms with van der Waals surface area (Å²) in [7, 11) is -1.00.